The van der Waals surface area contributed by atoms with Crippen molar-refractivity contribution in [2.45, 2.75) is 18.9 Å². The van der Waals surface area contributed by atoms with Gasteiger partial charge in [-0.25, -0.2) is 4.98 Å². The highest BCUT2D eigenvalue weighted by Gasteiger charge is 2.29. The first-order valence-corrected chi connectivity index (χ1v) is 7.97. The zero-order valence-corrected chi connectivity index (χ0v) is 13.4. The Morgan fingerprint density at radius 2 is 2.00 bits per heavy atom. The van der Waals surface area contributed by atoms with Crippen molar-refractivity contribution in [3.63, 3.8) is 0 Å². The number of rotatable bonds is 2. The second-order valence-electron chi connectivity index (χ2n) is 5.33. The van der Waals surface area contributed by atoms with Gasteiger partial charge in [0.25, 0.3) is 0 Å². The van der Waals surface area contributed by atoms with Gasteiger partial charge in [-0.1, -0.05) is 27.5 Å². The number of phenolic OH excluding ortho intramolecular Hbond substituents is 1. The molecule has 1 aliphatic carbocycles. The van der Waals surface area contributed by atoms with E-state index in [0.717, 1.165) is 34.2 Å². The number of hydrogen-bond donors (Lipinski definition) is 1. The fourth-order valence-corrected chi connectivity index (χ4v) is 3.17. The number of aromatic hydroxyl groups is 1. The molecule has 1 aliphatic rings. The maximum Gasteiger partial charge on any atom is 0.145 e. The van der Waals surface area contributed by atoms with E-state index in [1.165, 1.54) is 0 Å². The summed E-state index contributed by atoms with van der Waals surface area (Å²) in [5.41, 5.74) is 2.70. The molecule has 1 heterocycles. The van der Waals surface area contributed by atoms with Crippen molar-refractivity contribution >= 4 is 38.6 Å². The van der Waals surface area contributed by atoms with Crippen molar-refractivity contribution in [3.8, 4) is 17.1 Å². The molecule has 0 unspecified atom stereocenters. The summed E-state index contributed by atoms with van der Waals surface area (Å²) in [6.07, 6.45) is 2.30. The summed E-state index contributed by atoms with van der Waals surface area (Å²) in [6.45, 7) is 0. The van der Waals surface area contributed by atoms with Crippen LogP contribution in [0.4, 0.5) is 0 Å². The predicted molar refractivity (Wildman–Crippen MR) is 87.8 cm³/mol. The second kappa shape index (κ2) is 4.75. The van der Waals surface area contributed by atoms with Crippen molar-refractivity contribution in [1.82, 2.24) is 9.55 Å². The van der Waals surface area contributed by atoms with E-state index in [9.17, 15) is 5.11 Å². The molecule has 21 heavy (non-hydrogen) atoms. The normalized spacial score (nSPS) is 14.8. The number of aromatic nitrogens is 2. The topological polar surface area (TPSA) is 38.1 Å². The van der Waals surface area contributed by atoms with Crippen molar-refractivity contribution in [3.05, 3.63) is 45.9 Å². The molecule has 1 fully saturated rings. The summed E-state index contributed by atoms with van der Waals surface area (Å²) in [6, 6.07) is 11.6. The lowest BCUT2D eigenvalue weighted by Gasteiger charge is -2.09. The van der Waals surface area contributed by atoms with Crippen LogP contribution >= 0.6 is 27.5 Å². The summed E-state index contributed by atoms with van der Waals surface area (Å²) in [4.78, 5) is 4.72. The van der Waals surface area contributed by atoms with Gasteiger partial charge in [-0.3, -0.25) is 0 Å². The summed E-state index contributed by atoms with van der Waals surface area (Å²) in [7, 11) is 0. The Hall–Kier alpha value is -1.52. The molecule has 0 atom stereocenters. The Bertz CT molecular complexity index is 855. The van der Waals surface area contributed by atoms with Gasteiger partial charge in [-0.05, 0) is 49.2 Å². The largest absolute Gasteiger partial charge is 0.507 e. The average molecular weight is 364 g/mol. The van der Waals surface area contributed by atoms with E-state index < -0.39 is 0 Å². The van der Waals surface area contributed by atoms with Gasteiger partial charge < -0.3 is 9.67 Å². The fourth-order valence-electron chi connectivity index (χ4n) is 2.65. The van der Waals surface area contributed by atoms with Crippen LogP contribution in [0.25, 0.3) is 22.4 Å². The molecule has 0 saturated heterocycles. The Morgan fingerprint density at radius 1 is 1.19 bits per heavy atom. The van der Waals surface area contributed by atoms with Gasteiger partial charge in [-0.2, -0.15) is 0 Å². The molecule has 0 bridgehead atoms. The highest BCUT2D eigenvalue weighted by atomic mass is 79.9. The van der Waals surface area contributed by atoms with Crippen LogP contribution in [-0.2, 0) is 0 Å². The third-order valence-corrected chi connectivity index (χ3v) is 4.49. The van der Waals surface area contributed by atoms with Gasteiger partial charge in [0.2, 0.25) is 0 Å². The van der Waals surface area contributed by atoms with Crippen molar-refractivity contribution in [2.24, 2.45) is 0 Å². The first-order valence-electron chi connectivity index (χ1n) is 6.80. The highest BCUT2D eigenvalue weighted by Crippen LogP contribution is 2.43. The zero-order valence-electron chi connectivity index (χ0n) is 11.1. The zero-order chi connectivity index (χ0) is 14.6. The first kappa shape index (κ1) is 13.2. The molecule has 1 saturated carbocycles. The smallest absolute Gasteiger partial charge is 0.145 e. The Balaban J connectivity index is 2.03. The highest BCUT2D eigenvalue weighted by molar-refractivity contribution is 9.10. The third kappa shape index (κ3) is 2.23. The van der Waals surface area contributed by atoms with E-state index in [-0.39, 0.29) is 5.75 Å². The quantitative estimate of drug-likeness (QED) is 0.683. The van der Waals surface area contributed by atoms with Crippen LogP contribution in [0.3, 0.4) is 0 Å². The van der Waals surface area contributed by atoms with Gasteiger partial charge in [-0.15, -0.1) is 0 Å². The van der Waals surface area contributed by atoms with E-state index >= 15 is 0 Å². The molecule has 5 heteroatoms. The van der Waals surface area contributed by atoms with Crippen molar-refractivity contribution < 1.29 is 5.11 Å². The molecule has 1 N–H and O–H groups in total. The minimum absolute atomic E-state index is 0.204. The maximum atomic E-state index is 10.2. The number of imidazole rings is 1. The van der Waals surface area contributed by atoms with Crippen LogP contribution in [0, 0.1) is 0 Å². The predicted octanol–water partition coefficient (Wildman–Crippen LogP) is 5.16. The molecule has 0 aliphatic heterocycles. The summed E-state index contributed by atoms with van der Waals surface area (Å²) in [5.74, 6) is 0.987. The molecule has 1 aromatic heterocycles. The van der Waals surface area contributed by atoms with E-state index in [1.54, 1.807) is 18.2 Å². The Morgan fingerprint density at radius 3 is 2.76 bits per heavy atom. The lowest BCUT2D eigenvalue weighted by Crippen LogP contribution is -1.97. The van der Waals surface area contributed by atoms with Crippen LogP contribution in [0.2, 0.25) is 5.02 Å². The monoisotopic (exact) mass is 362 g/mol. The number of nitrogens with zero attached hydrogens (tertiary/aromatic N) is 2. The summed E-state index contributed by atoms with van der Waals surface area (Å²) >= 11 is 9.56. The van der Waals surface area contributed by atoms with E-state index in [1.807, 2.05) is 12.1 Å². The molecule has 4 rings (SSSR count). The molecular weight excluding hydrogens is 352 g/mol. The lowest BCUT2D eigenvalue weighted by atomic mass is 10.2. The summed E-state index contributed by atoms with van der Waals surface area (Å²) in [5, 5.41) is 10.8. The SMILES string of the molecule is Oc1ccc(Cl)cc1-c1nc2cc(Br)ccc2n1C1CC1. The van der Waals surface area contributed by atoms with Crippen LogP contribution in [-0.4, -0.2) is 14.7 Å². The van der Waals surface area contributed by atoms with Gasteiger partial charge in [0.15, 0.2) is 0 Å². The van der Waals surface area contributed by atoms with Gasteiger partial charge in [0, 0.05) is 15.5 Å². The summed E-state index contributed by atoms with van der Waals surface area (Å²) < 4.78 is 3.21. The molecule has 2 aromatic carbocycles. The molecule has 0 radical (unpaired) electrons. The van der Waals surface area contributed by atoms with Gasteiger partial charge in [0.1, 0.15) is 11.6 Å². The van der Waals surface area contributed by atoms with E-state index in [0.29, 0.717) is 16.6 Å². The Labute approximate surface area is 135 Å². The number of phenols is 1. The third-order valence-electron chi connectivity index (χ3n) is 3.76. The maximum absolute atomic E-state index is 10.2. The minimum Gasteiger partial charge on any atom is -0.507 e. The number of hydrogen-bond acceptors (Lipinski definition) is 2. The van der Waals surface area contributed by atoms with E-state index in [2.05, 4.69) is 26.6 Å². The molecule has 3 aromatic rings. The van der Waals surface area contributed by atoms with Gasteiger partial charge in [0.05, 0.1) is 16.6 Å². The number of fused-ring (bicyclic) bond motifs is 1. The molecule has 0 spiro atoms. The number of halogens is 2. The van der Waals surface area contributed by atoms with Crippen LogP contribution in [0.5, 0.6) is 5.75 Å². The molecule has 3 nitrogen and oxygen atoms in total. The van der Waals surface area contributed by atoms with Crippen molar-refractivity contribution in [1.29, 1.82) is 0 Å². The number of benzene rings is 2. The molecule has 106 valence electrons. The van der Waals surface area contributed by atoms with Crippen LogP contribution < -0.4 is 0 Å². The average Bonchev–Trinajstić information content (AvgIpc) is 3.22. The standard InChI is InChI=1S/C16H12BrClN2O/c17-9-1-5-14-13(7-9)19-16(20(14)11-3-4-11)12-8-10(18)2-6-15(12)21/h1-2,5-8,11,21H,3-4H2. The molecule has 0 amide bonds. The van der Waals surface area contributed by atoms with Crippen LogP contribution in [0.15, 0.2) is 40.9 Å². The lowest BCUT2D eigenvalue weighted by molar-refractivity contribution is 0.476. The minimum atomic E-state index is 0.204. The first-order chi connectivity index (χ1) is 10.1. The molecular formula is C16H12BrClN2O. The second-order valence-corrected chi connectivity index (χ2v) is 6.68. The van der Waals surface area contributed by atoms with Crippen molar-refractivity contribution in [2.75, 3.05) is 0 Å². The Kier molecular flexibility index (Phi) is 2.98. The van der Waals surface area contributed by atoms with Crippen LogP contribution in [0.1, 0.15) is 18.9 Å². The fraction of sp³-hybridized carbons (Fsp3) is 0.188. The van der Waals surface area contributed by atoms with E-state index in [4.69, 9.17) is 16.6 Å². The van der Waals surface area contributed by atoms with Gasteiger partial charge >= 0.3 is 0 Å².